The molecule has 0 bridgehead atoms. The Bertz CT molecular complexity index is 468. The molecule has 94 valence electrons. The lowest BCUT2D eigenvalue weighted by molar-refractivity contribution is 0.542. The molecule has 2 nitrogen and oxygen atoms in total. The predicted octanol–water partition coefficient (Wildman–Crippen LogP) is 3.24. The first-order valence-electron chi connectivity index (χ1n) is 6.02. The molecule has 0 amide bonds. The molecule has 0 heterocycles. The van der Waals surface area contributed by atoms with Crippen LogP contribution in [0.3, 0.4) is 0 Å². The van der Waals surface area contributed by atoms with Crippen LogP contribution in [0.15, 0.2) is 59.1 Å². The molecule has 0 fully saturated rings. The molecule has 0 saturated heterocycles. The van der Waals surface area contributed by atoms with E-state index in [1.165, 1.54) is 11.1 Å². The van der Waals surface area contributed by atoms with Gasteiger partial charge in [-0.2, -0.15) is 0 Å². The summed E-state index contributed by atoms with van der Waals surface area (Å²) in [4.78, 5) is 0. The second kappa shape index (κ2) is 6.69. The van der Waals surface area contributed by atoms with Crippen molar-refractivity contribution in [2.45, 2.75) is 12.6 Å². The van der Waals surface area contributed by atoms with E-state index in [1.807, 2.05) is 30.3 Å². The Morgan fingerprint density at radius 1 is 1.00 bits per heavy atom. The van der Waals surface area contributed by atoms with Crippen LogP contribution in [0, 0.1) is 0 Å². The first kappa shape index (κ1) is 13.3. The molecule has 0 saturated carbocycles. The number of rotatable bonds is 5. The van der Waals surface area contributed by atoms with Gasteiger partial charge in [0.15, 0.2) is 0 Å². The zero-order chi connectivity index (χ0) is 12.8. The summed E-state index contributed by atoms with van der Waals surface area (Å²) in [6.45, 7) is 1.42. The molecule has 2 aromatic rings. The first-order chi connectivity index (χ1) is 8.79. The minimum absolute atomic E-state index is 0.193. The summed E-state index contributed by atoms with van der Waals surface area (Å²) < 4.78 is 1.09. The zero-order valence-electron chi connectivity index (χ0n) is 10.1. The summed E-state index contributed by atoms with van der Waals surface area (Å²) in [5.74, 6) is 0. The molecule has 2 rings (SSSR count). The van der Waals surface area contributed by atoms with E-state index >= 15 is 0 Å². The third-order valence-corrected chi connectivity index (χ3v) is 3.43. The van der Waals surface area contributed by atoms with Crippen molar-refractivity contribution in [2.24, 2.45) is 5.73 Å². The van der Waals surface area contributed by atoms with Crippen molar-refractivity contribution in [1.82, 2.24) is 5.32 Å². The minimum atomic E-state index is 0.193. The fourth-order valence-corrected chi connectivity index (χ4v) is 2.13. The van der Waals surface area contributed by atoms with Gasteiger partial charge in [0.05, 0.1) is 0 Å². The Morgan fingerprint density at radius 2 is 1.67 bits per heavy atom. The van der Waals surface area contributed by atoms with Crippen LogP contribution in [0.2, 0.25) is 0 Å². The van der Waals surface area contributed by atoms with Gasteiger partial charge in [0.2, 0.25) is 0 Å². The summed E-state index contributed by atoms with van der Waals surface area (Å²) in [7, 11) is 0. The third-order valence-electron chi connectivity index (χ3n) is 2.90. The fourth-order valence-electron chi connectivity index (χ4n) is 1.87. The van der Waals surface area contributed by atoms with Gasteiger partial charge >= 0.3 is 0 Å². The van der Waals surface area contributed by atoms with Crippen LogP contribution >= 0.6 is 15.9 Å². The molecule has 2 aromatic carbocycles. The molecule has 3 heteroatoms. The van der Waals surface area contributed by atoms with Crippen molar-refractivity contribution in [1.29, 1.82) is 0 Å². The van der Waals surface area contributed by atoms with Crippen LogP contribution in [0.1, 0.15) is 17.2 Å². The molecule has 18 heavy (non-hydrogen) atoms. The molecular weight excluding hydrogens is 288 g/mol. The molecule has 0 radical (unpaired) electrons. The van der Waals surface area contributed by atoms with Gasteiger partial charge in [0, 0.05) is 23.6 Å². The van der Waals surface area contributed by atoms with Crippen LogP contribution in [-0.4, -0.2) is 6.54 Å². The van der Waals surface area contributed by atoms with E-state index in [4.69, 9.17) is 5.73 Å². The van der Waals surface area contributed by atoms with Gasteiger partial charge in [-0.05, 0) is 23.3 Å². The normalized spacial score (nSPS) is 12.3. The van der Waals surface area contributed by atoms with Crippen molar-refractivity contribution in [2.75, 3.05) is 6.54 Å². The third kappa shape index (κ3) is 3.67. The predicted molar refractivity (Wildman–Crippen MR) is 79.2 cm³/mol. The van der Waals surface area contributed by atoms with Crippen LogP contribution in [0.5, 0.6) is 0 Å². The number of nitrogens with one attached hydrogen (secondary N) is 1. The van der Waals surface area contributed by atoms with Gasteiger partial charge in [0.1, 0.15) is 0 Å². The van der Waals surface area contributed by atoms with Crippen molar-refractivity contribution in [3.63, 3.8) is 0 Å². The maximum Gasteiger partial charge on any atom is 0.0447 e. The highest BCUT2D eigenvalue weighted by Crippen LogP contribution is 2.16. The topological polar surface area (TPSA) is 38.0 Å². The lowest BCUT2D eigenvalue weighted by atomic mass is 10.1. The number of benzene rings is 2. The van der Waals surface area contributed by atoms with Gasteiger partial charge in [-0.1, -0.05) is 58.4 Å². The summed E-state index contributed by atoms with van der Waals surface area (Å²) in [5, 5.41) is 3.48. The van der Waals surface area contributed by atoms with E-state index in [1.54, 1.807) is 0 Å². The van der Waals surface area contributed by atoms with Gasteiger partial charge < -0.3 is 11.1 Å². The van der Waals surface area contributed by atoms with E-state index in [0.29, 0.717) is 6.54 Å². The Morgan fingerprint density at radius 3 is 2.28 bits per heavy atom. The van der Waals surface area contributed by atoms with Crippen molar-refractivity contribution < 1.29 is 0 Å². The van der Waals surface area contributed by atoms with E-state index in [2.05, 4.69) is 45.5 Å². The van der Waals surface area contributed by atoms with Gasteiger partial charge in [0.25, 0.3) is 0 Å². The molecule has 0 aliphatic heterocycles. The van der Waals surface area contributed by atoms with Crippen LogP contribution in [-0.2, 0) is 6.54 Å². The lowest BCUT2D eigenvalue weighted by Gasteiger charge is -2.17. The number of nitrogens with two attached hydrogens (primary N) is 1. The highest BCUT2D eigenvalue weighted by atomic mass is 79.9. The Balaban J connectivity index is 1.99. The Hall–Kier alpha value is -1.16. The molecule has 0 aliphatic carbocycles. The highest BCUT2D eigenvalue weighted by molar-refractivity contribution is 9.10. The average Bonchev–Trinajstić information content (AvgIpc) is 2.42. The Kier molecular flexibility index (Phi) is 4.93. The second-order valence-corrected chi connectivity index (χ2v) is 5.12. The zero-order valence-corrected chi connectivity index (χ0v) is 11.7. The Labute approximate surface area is 116 Å². The van der Waals surface area contributed by atoms with Gasteiger partial charge in [-0.15, -0.1) is 0 Å². The van der Waals surface area contributed by atoms with E-state index in [0.717, 1.165) is 11.0 Å². The van der Waals surface area contributed by atoms with Gasteiger partial charge in [-0.25, -0.2) is 0 Å². The summed E-state index contributed by atoms with van der Waals surface area (Å²) in [5.41, 5.74) is 8.32. The van der Waals surface area contributed by atoms with Gasteiger partial charge in [-0.3, -0.25) is 0 Å². The molecule has 0 spiro atoms. The van der Waals surface area contributed by atoms with Crippen LogP contribution in [0.4, 0.5) is 0 Å². The maximum absolute atomic E-state index is 5.83. The standard InChI is InChI=1S/C15H17BrN2/c16-14-8-6-13(7-9-14)15(10-17)18-11-12-4-2-1-3-5-12/h1-9,15,18H,10-11,17H2. The fraction of sp³-hybridized carbons (Fsp3) is 0.200. The van der Waals surface area contributed by atoms with E-state index in [-0.39, 0.29) is 6.04 Å². The lowest BCUT2D eigenvalue weighted by Crippen LogP contribution is -2.27. The molecule has 1 unspecified atom stereocenters. The monoisotopic (exact) mass is 304 g/mol. The molecule has 1 atom stereocenters. The maximum atomic E-state index is 5.83. The van der Waals surface area contributed by atoms with E-state index < -0.39 is 0 Å². The SMILES string of the molecule is NCC(NCc1ccccc1)c1ccc(Br)cc1. The average molecular weight is 305 g/mol. The minimum Gasteiger partial charge on any atom is -0.329 e. The summed E-state index contributed by atoms with van der Waals surface area (Å²) in [6, 6.07) is 18.8. The number of halogens is 1. The summed E-state index contributed by atoms with van der Waals surface area (Å²) in [6.07, 6.45) is 0. The largest absolute Gasteiger partial charge is 0.329 e. The van der Waals surface area contributed by atoms with Crippen LogP contribution in [0.25, 0.3) is 0 Å². The quantitative estimate of drug-likeness (QED) is 0.890. The molecule has 3 N–H and O–H groups in total. The molecule has 0 aromatic heterocycles. The first-order valence-corrected chi connectivity index (χ1v) is 6.81. The van der Waals surface area contributed by atoms with Crippen molar-refractivity contribution >= 4 is 15.9 Å². The molecule has 0 aliphatic rings. The van der Waals surface area contributed by atoms with E-state index in [9.17, 15) is 0 Å². The van der Waals surface area contributed by atoms with Crippen molar-refractivity contribution in [3.8, 4) is 0 Å². The smallest absolute Gasteiger partial charge is 0.0447 e. The highest BCUT2D eigenvalue weighted by Gasteiger charge is 2.08. The summed E-state index contributed by atoms with van der Waals surface area (Å²) >= 11 is 3.44. The van der Waals surface area contributed by atoms with Crippen molar-refractivity contribution in [3.05, 3.63) is 70.2 Å². The molecular formula is C15H17BrN2. The second-order valence-electron chi connectivity index (χ2n) is 4.21. The number of hydrogen-bond donors (Lipinski definition) is 2. The number of hydrogen-bond acceptors (Lipinski definition) is 2. The van der Waals surface area contributed by atoms with Crippen LogP contribution < -0.4 is 11.1 Å².